The van der Waals surface area contributed by atoms with Gasteiger partial charge >= 0.3 is 5.97 Å². The van der Waals surface area contributed by atoms with Crippen LogP contribution in [-0.4, -0.2) is 21.4 Å². The van der Waals surface area contributed by atoms with E-state index in [0.29, 0.717) is 22.8 Å². The van der Waals surface area contributed by atoms with Gasteiger partial charge in [-0.15, -0.1) is 0 Å². The highest BCUT2D eigenvalue weighted by molar-refractivity contribution is 6.31. The zero-order chi connectivity index (χ0) is 13.8. The van der Waals surface area contributed by atoms with Gasteiger partial charge in [0, 0.05) is 11.4 Å². The molecule has 0 saturated carbocycles. The molecule has 100 valence electrons. The molecule has 0 aliphatic rings. The molecule has 0 amide bonds. The summed E-state index contributed by atoms with van der Waals surface area (Å²) in [6.45, 7) is 1.74. The first kappa shape index (κ1) is 13.5. The average Bonchev–Trinajstić information content (AvgIpc) is 2.76. The fraction of sp³-hybridized carbons (Fsp3) is 0.308. The number of carboxylic acids is 1. The molecule has 1 aromatic carbocycles. The second kappa shape index (κ2) is 5.84. The van der Waals surface area contributed by atoms with E-state index < -0.39 is 11.9 Å². The van der Waals surface area contributed by atoms with Crippen molar-refractivity contribution in [1.82, 2.24) is 10.3 Å². The Morgan fingerprint density at radius 2 is 2.11 bits per heavy atom. The Balaban J connectivity index is 2.16. The summed E-state index contributed by atoms with van der Waals surface area (Å²) in [4.78, 5) is 11.3. The first-order valence-electron chi connectivity index (χ1n) is 5.82. The summed E-state index contributed by atoms with van der Waals surface area (Å²) >= 11 is 6.05. The number of halogens is 1. The Kier molecular flexibility index (Phi) is 4.16. The highest BCUT2D eigenvalue weighted by Gasteiger charge is 2.22. The summed E-state index contributed by atoms with van der Waals surface area (Å²) in [6.07, 6.45) is 0.622. The first-order valence-corrected chi connectivity index (χ1v) is 6.20. The SMILES string of the molecule is Cc1nonc1CC(Cc1ccccc1Cl)C(=O)O. The number of aryl methyl sites for hydroxylation is 1. The third-order valence-electron chi connectivity index (χ3n) is 2.96. The zero-order valence-corrected chi connectivity index (χ0v) is 11.1. The number of hydrogen-bond donors (Lipinski definition) is 1. The molecule has 6 heteroatoms. The van der Waals surface area contributed by atoms with Gasteiger partial charge in [0.15, 0.2) is 0 Å². The Labute approximate surface area is 115 Å². The quantitative estimate of drug-likeness (QED) is 0.911. The molecular weight excluding hydrogens is 268 g/mol. The molecule has 19 heavy (non-hydrogen) atoms. The van der Waals surface area contributed by atoms with E-state index in [0.717, 1.165) is 5.56 Å². The molecule has 1 atom stereocenters. The van der Waals surface area contributed by atoms with Gasteiger partial charge in [0.1, 0.15) is 11.4 Å². The van der Waals surface area contributed by atoms with Gasteiger partial charge in [0.25, 0.3) is 0 Å². The topological polar surface area (TPSA) is 76.2 Å². The fourth-order valence-corrected chi connectivity index (χ4v) is 2.06. The summed E-state index contributed by atoms with van der Waals surface area (Å²) in [5.41, 5.74) is 2.00. The van der Waals surface area contributed by atoms with E-state index >= 15 is 0 Å². The minimum absolute atomic E-state index is 0.274. The van der Waals surface area contributed by atoms with Crippen molar-refractivity contribution in [3.63, 3.8) is 0 Å². The predicted octanol–water partition coefficient (Wildman–Crippen LogP) is 2.52. The van der Waals surface area contributed by atoms with Crippen molar-refractivity contribution in [3.05, 3.63) is 46.2 Å². The number of aromatic nitrogens is 2. The second-order valence-corrected chi connectivity index (χ2v) is 4.74. The predicted molar refractivity (Wildman–Crippen MR) is 69.0 cm³/mol. The molecule has 1 heterocycles. The molecule has 5 nitrogen and oxygen atoms in total. The van der Waals surface area contributed by atoms with Crippen LogP contribution in [-0.2, 0) is 17.6 Å². The van der Waals surface area contributed by atoms with Gasteiger partial charge in [0.2, 0.25) is 0 Å². The lowest BCUT2D eigenvalue weighted by Crippen LogP contribution is -2.20. The minimum Gasteiger partial charge on any atom is -0.481 e. The van der Waals surface area contributed by atoms with Crippen LogP contribution >= 0.6 is 11.6 Å². The molecule has 1 unspecified atom stereocenters. The van der Waals surface area contributed by atoms with Gasteiger partial charge in [0.05, 0.1) is 5.92 Å². The van der Waals surface area contributed by atoms with E-state index in [4.69, 9.17) is 11.6 Å². The van der Waals surface area contributed by atoms with Gasteiger partial charge in [-0.2, -0.15) is 0 Å². The maximum absolute atomic E-state index is 11.3. The maximum atomic E-state index is 11.3. The molecule has 0 spiro atoms. The van der Waals surface area contributed by atoms with Gasteiger partial charge in [-0.3, -0.25) is 4.79 Å². The van der Waals surface area contributed by atoms with E-state index in [1.165, 1.54) is 0 Å². The van der Waals surface area contributed by atoms with Crippen LogP contribution in [0.1, 0.15) is 17.0 Å². The summed E-state index contributed by atoms with van der Waals surface area (Å²) in [5.74, 6) is -1.49. The maximum Gasteiger partial charge on any atom is 0.307 e. The standard InChI is InChI=1S/C13H13ClN2O3/c1-8-12(16-19-15-8)7-10(13(17)18)6-9-4-2-3-5-11(9)14/h2-5,10H,6-7H2,1H3,(H,17,18). The molecule has 2 aromatic rings. The lowest BCUT2D eigenvalue weighted by molar-refractivity contribution is -0.141. The van der Waals surface area contributed by atoms with Crippen LogP contribution in [0.25, 0.3) is 0 Å². The van der Waals surface area contributed by atoms with E-state index in [9.17, 15) is 9.90 Å². The molecule has 0 aliphatic heterocycles. The van der Waals surface area contributed by atoms with Crippen LogP contribution < -0.4 is 0 Å². The fourth-order valence-electron chi connectivity index (χ4n) is 1.84. The molecule has 2 rings (SSSR count). The molecule has 0 bridgehead atoms. The van der Waals surface area contributed by atoms with E-state index in [-0.39, 0.29) is 6.42 Å². The van der Waals surface area contributed by atoms with Crippen molar-refractivity contribution in [2.45, 2.75) is 19.8 Å². The Bertz CT molecular complexity index is 583. The molecular formula is C13H13ClN2O3. The number of benzene rings is 1. The highest BCUT2D eigenvalue weighted by Crippen LogP contribution is 2.21. The Hall–Kier alpha value is -1.88. The number of aliphatic carboxylic acids is 1. The Morgan fingerprint density at radius 1 is 1.37 bits per heavy atom. The Morgan fingerprint density at radius 3 is 2.68 bits per heavy atom. The molecule has 1 aromatic heterocycles. The van der Waals surface area contributed by atoms with Crippen molar-refractivity contribution in [3.8, 4) is 0 Å². The normalized spacial score (nSPS) is 12.3. The van der Waals surface area contributed by atoms with Crippen LogP contribution in [0.3, 0.4) is 0 Å². The summed E-state index contributed by atoms with van der Waals surface area (Å²) in [5, 5.41) is 17.2. The van der Waals surface area contributed by atoms with Crippen LogP contribution in [0, 0.1) is 12.8 Å². The van der Waals surface area contributed by atoms with Crippen LogP contribution in [0.2, 0.25) is 5.02 Å². The van der Waals surface area contributed by atoms with Crippen molar-refractivity contribution >= 4 is 17.6 Å². The molecule has 0 saturated heterocycles. The summed E-state index contributed by atoms with van der Waals surface area (Å²) in [6, 6.07) is 7.22. The minimum atomic E-state index is -0.887. The van der Waals surface area contributed by atoms with Crippen LogP contribution in [0.5, 0.6) is 0 Å². The van der Waals surface area contributed by atoms with Gasteiger partial charge in [-0.25, -0.2) is 4.63 Å². The van der Waals surface area contributed by atoms with Crippen molar-refractivity contribution in [2.24, 2.45) is 5.92 Å². The second-order valence-electron chi connectivity index (χ2n) is 4.33. The number of rotatable bonds is 5. The van der Waals surface area contributed by atoms with E-state index in [1.54, 1.807) is 13.0 Å². The number of hydrogen-bond acceptors (Lipinski definition) is 4. The summed E-state index contributed by atoms with van der Waals surface area (Å²) in [7, 11) is 0. The molecule has 0 radical (unpaired) electrons. The van der Waals surface area contributed by atoms with Crippen molar-refractivity contribution in [2.75, 3.05) is 0 Å². The smallest absolute Gasteiger partial charge is 0.307 e. The lowest BCUT2D eigenvalue weighted by Gasteiger charge is -2.11. The van der Waals surface area contributed by atoms with Gasteiger partial charge in [-0.1, -0.05) is 40.1 Å². The van der Waals surface area contributed by atoms with Gasteiger partial charge in [-0.05, 0) is 25.0 Å². The third kappa shape index (κ3) is 3.32. The highest BCUT2D eigenvalue weighted by atomic mass is 35.5. The largest absolute Gasteiger partial charge is 0.481 e. The third-order valence-corrected chi connectivity index (χ3v) is 3.33. The molecule has 0 fully saturated rings. The number of nitrogens with zero attached hydrogens (tertiary/aromatic N) is 2. The van der Waals surface area contributed by atoms with E-state index in [2.05, 4.69) is 14.9 Å². The van der Waals surface area contributed by atoms with Gasteiger partial charge < -0.3 is 5.11 Å². The average molecular weight is 281 g/mol. The number of carboxylic acid groups (broad SMARTS) is 1. The zero-order valence-electron chi connectivity index (χ0n) is 10.3. The molecule has 1 N–H and O–H groups in total. The van der Waals surface area contributed by atoms with Crippen molar-refractivity contribution in [1.29, 1.82) is 0 Å². The van der Waals surface area contributed by atoms with E-state index in [1.807, 2.05) is 18.2 Å². The van der Waals surface area contributed by atoms with Crippen LogP contribution in [0.15, 0.2) is 28.9 Å². The van der Waals surface area contributed by atoms with Crippen molar-refractivity contribution < 1.29 is 14.5 Å². The lowest BCUT2D eigenvalue weighted by atomic mass is 9.94. The number of carbonyl (C=O) groups is 1. The monoisotopic (exact) mass is 280 g/mol. The first-order chi connectivity index (χ1) is 9.08. The van der Waals surface area contributed by atoms with Crippen LogP contribution in [0.4, 0.5) is 0 Å². The molecule has 0 aliphatic carbocycles. The summed E-state index contributed by atoms with van der Waals surface area (Å²) < 4.78 is 4.58.